The fourth-order valence-electron chi connectivity index (χ4n) is 2.57. The van der Waals surface area contributed by atoms with Crippen molar-refractivity contribution in [1.82, 2.24) is 4.98 Å². The maximum absolute atomic E-state index is 5.77. The van der Waals surface area contributed by atoms with E-state index in [0.717, 1.165) is 23.0 Å². The first-order valence-electron chi connectivity index (χ1n) is 6.67. The largest absolute Gasteiger partial charge is 0.397 e. The monoisotopic (exact) mass is 233 g/mol. The third-order valence-electron chi connectivity index (χ3n) is 3.93. The Labute approximate surface area is 104 Å². The summed E-state index contributed by atoms with van der Waals surface area (Å²) in [5.41, 5.74) is 7.64. The van der Waals surface area contributed by atoms with Crippen LogP contribution in [-0.2, 0) is 0 Å². The van der Waals surface area contributed by atoms with Gasteiger partial charge < -0.3 is 11.1 Å². The molecule has 94 valence electrons. The fourth-order valence-corrected chi connectivity index (χ4v) is 2.57. The summed E-state index contributed by atoms with van der Waals surface area (Å²) in [7, 11) is 0. The van der Waals surface area contributed by atoms with Gasteiger partial charge >= 0.3 is 0 Å². The average Bonchev–Trinajstić information content (AvgIpc) is 2.35. The highest BCUT2D eigenvalue weighted by Crippen LogP contribution is 2.28. The molecule has 1 aromatic heterocycles. The van der Waals surface area contributed by atoms with E-state index in [1.54, 1.807) is 6.20 Å². The van der Waals surface area contributed by atoms with Crippen LogP contribution in [0.4, 0.5) is 11.5 Å². The predicted molar refractivity (Wildman–Crippen MR) is 73.0 cm³/mol. The Hall–Kier alpha value is -1.25. The zero-order valence-corrected chi connectivity index (χ0v) is 10.9. The number of rotatable bonds is 3. The molecule has 0 unspecified atom stereocenters. The molecule has 1 aliphatic carbocycles. The number of pyridine rings is 1. The van der Waals surface area contributed by atoms with E-state index >= 15 is 0 Å². The van der Waals surface area contributed by atoms with E-state index in [4.69, 9.17) is 5.73 Å². The molecular weight excluding hydrogens is 210 g/mol. The summed E-state index contributed by atoms with van der Waals surface area (Å²) in [6.45, 7) is 4.32. The summed E-state index contributed by atoms with van der Waals surface area (Å²) in [5.74, 6) is 1.91. The van der Waals surface area contributed by atoms with Gasteiger partial charge in [0, 0.05) is 6.04 Å². The molecule has 0 atom stereocenters. The maximum Gasteiger partial charge on any atom is 0.126 e. The highest BCUT2D eigenvalue weighted by atomic mass is 15.0. The number of aryl methyl sites for hydroxylation is 1. The standard InChI is InChI=1S/C14H23N3/c1-3-11-4-6-12(7-5-11)17-14-8-10(2)13(15)9-16-14/h8-9,11-12H,3-7,15H2,1-2H3,(H,16,17). The van der Waals surface area contributed by atoms with Crippen molar-refractivity contribution in [2.24, 2.45) is 5.92 Å². The summed E-state index contributed by atoms with van der Waals surface area (Å²) in [5, 5.41) is 3.53. The Morgan fingerprint density at radius 3 is 2.65 bits per heavy atom. The smallest absolute Gasteiger partial charge is 0.126 e. The molecule has 1 aromatic rings. The van der Waals surface area contributed by atoms with Gasteiger partial charge in [-0.25, -0.2) is 4.98 Å². The van der Waals surface area contributed by atoms with Crippen LogP contribution in [0.5, 0.6) is 0 Å². The van der Waals surface area contributed by atoms with Gasteiger partial charge in [-0.2, -0.15) is 0 Å². The van der Waals surface area contributed by atoms with E-state index in [1.807, 2.05) is 13.0 Å². The van der Waals surface area contributed by atoms with Crippen molar-refractivity contribution in [2.75, 3.05) is 11.1 Å². The first-order chi connectivity index (χ1) is 8.19. The molecule has 3 N–H and O–H groups in total. The number of nitrogens with zero attached hydrogens (tertiary/aromatic N) is 1. The third-order valence-corrected chi connectivity index (χ3v) is 3.93. The quantitative estimate of drug-likeness (QED) is 0.841. The molecule has 1 saturated carbocycles. The van der Waals surface area contributed by atoms with Gasteiger partial charge in [0.15, 0.2) is 0 Å². The number of hydrogen-bond donors (Lipinski definition) is 2. The fraction of sp³-hybridized carbons (Fsp3) is 0.643. The van der Waals surface area contributed by atoms with Crippen LogP contribution in [0.3, 0.4) is 0 Å². The number of anilines is 2. The highest BCUT2D eigenvalue weighted by Gasteiger charge is 2.19. The number of nitrogen functional groups attached to an aromatic ring is 1. The zero-order chi connectivity index (χ0) is 12.3. The molecule has 1 fully saturated rings. The molecule has 0 aromatic carbocycles. The van der Waals surface area contributed by atoms with Gasteiger partial charge in [0.1, 0.15) is 5.82 Å². The Morgan fingerprint density at radius 2 is 2.06 bits per heavy atom. The second-order valence-corrected chi connectivity index (χ2v) is 5.20. The minimum absolute atomic E-state index is 0.591. The van der Waals surface area contributed by atoms with E-state index in [0.29, 0.717) is 6.04 Å². The number of aromatic nitrogens is 1. The normalized spacial score (nSPS) is 24.6. The van der Waals surface area contributed by atoms with Crippen LogP contribution in [0.15, 0.2) is 12.3 Å². The minimum atomic E-state index is 0.591. The molecule has 3 nitrogen and oxygen atoms in total. The topological polar surface area (TPSA) is 50.9 Å². The van der Waals surface area contributed by atoms with Gasteiger partial charge in [-0.3, -0.25) is 0 Å². The zero-order valence-electron chi connectivity index (χ0n) is 10.9. The van der Waals surface area contributed by atoms with Gasteiger partial charge in [-0.05, 0) is 50.2 Å². The molecular formula is C14H23N3. The lowest BCUT2D eigenvalue weighted by atomic mass is 9.84. The van der Waals surface area contributed by atoms with E-state index < -0.39 is 0 Å². The van der Waals surface area contributed by atoms with Crippen LogP contribution >= 0.6 is 0 Å². The van der Waals surface area contributed by atoms with E-state index in [9.17, 15) is 0 Å². The third kappa shape index (κ3) is 3.11. The first-order valence-corrected chi connectivity index (χ1v) is 6.67. The maximum atomic E-state index is 5.77. The lowest BCUT2D eigenvalue weighted by Gasteiger charge is -2.28. The lowest BCUT2D eigenvalue weighted by Crippen LogP contribution is -2.26. The Kier molecular flexibility index (Phi) is 3.87. The number of hydrogen-bond acceptors (Lipinski definition) is 3. The summed E-state index contributed by atoms with van der Waals surface area (Å²) >= 11 is 0. The molecule has 17 heavy (non-hydrogen) atoms. The molecule has 0 saturated heterocycles. The molecule has 1 aliphatic rings. The van der Waals surface area contributed by atoms with Gasteiger partial charge in [0.2, 0.25) is 0 Å². The summed E-state index contributed by atoms with van der Waals surface area (Å²) in [4.78, 5) is 4.34. The van der Waals surface area contributed by atoms with Gasteiger partial charge in [-0.1, -0.05) is 13.3 Å². The van der Waals surface area contributed by atoms with E-state index in [1.165, 1.54) is 32.1 Å². The first kappa shape index (κ1) is 12.2. The number of nitrogens with one attached hydrogen (secondary N) is 1. The number of nitrogens with two attached hydrogens (primary N) is 1. The lowest BCUT2D eigenvalue weighted by molar-refractivity contribution is 0.330. The molecule has 3 heteroatoms. The molecule has 0 spiro atoms. The predicted octanol–water partition coefficient (Wildman–Crippen LogP) is 3.35. The van der Waals surface area contributed by atoms with Crippen LogP contribution in [0.1, 0.15) is 44.6 Å². The van der Waals surface area contributed by atoms with E-state index in [2.05, 4.69) is 17.2 Å². The average molecular weight is 233 g/mol. The van der Waals surface area contributed by atoms with Crippen molar-refractivity contribution < 1.29 is 0 Å². The van der Waals surface area contributed by atoms with Crippen LogP contribution in [0, 0.1) is 12.8 Å². The van der Waals surface area contributed by atoms with Gasteiger partial charge in [0.05, 0.1) is 11.9 Å². The minimum Gasteiger partial charge on any atom is -0.397 e. The van der Waals surface area contributed by atoms with Crippen molar-refractivity contribution in [3.05, 3.63) is 17.8 Å². The van der Waals surface area contributed by atoms with Crippen LogP contribution in [0.2, 0.25) is 0 Å². The van der Waals surface area contributed by atoms with Crippen LogP contribution in [0.25, 0.3) is 0 Å². The molecule has 2 rings (SSSR count). The second kappa shape index (κ2) is 5.39. The summed E-state index contributed by atoms with van der Waals surface area (Å²) in [6.07, 6.45) is 8.30. The summed E-state index contributed by atoms with van der Waals surface area (Å²) in [6, 6.07) is 2.63. The van der Waals surface area contributed by atoms with Crippen molar-refractivity contribution in [1.29, 1.82) is 0 Å². The van der Waals surface area contributed by atoms with Crippen LogP contribution < -0.4 is 11.1 Å². The highest BCUT2D eigenvalue weighted by molar-refractivity contribution is 5.51. The van der Waals surface area contributed by atoms with Gasteiger partial charge in [-0.15, -0.1) is 0 Å². The SMILES string of the molecule is CCC1CCC(Nc2cc(C)c(N)cn2)CC1. The van der Waals surface area contributed by atoms with E-state index in [-0.39, 0.29) is 0 Å². The Balaban J connectivity index is 1.91. The van der Waals surface area contributed by atoms with Crippen molar-refractivity contribution >= 4 is 11.5 Å². The summed E-state index contributed by atoms with van der Waals surface area (Å²) < 4.78 is 0. The molecule has 0 radical (unpaired) electrons. The molecule has 1 heterocycles. The molecule has 0 bridgehead atoms. The van der Waals surface area contributed by atoms with Crippen molar-refractivity contribution in [3.63, 3.8) is 0 Å². The molecule has 0 amide bonds. The van der Waals surface area contributed by atoms with Crippen molar-refractivity contribution in [3.8, 4) is 0 Å². The van der Waals surface area contributed by atoms with Gasteiger partial charge in [0.25, 0.3) is 0 Å². The Bertz CT molecular complexity index is 368. The second-order valence-electron chi connectivity index (χ2n) is 5.20. The molecule has 0 aliphatic heterocycles. The Morgan fingerprint density at radius 1 is 1.35 bits per heavy atom. The van der Waals surface area contributed by atoms with Crippen LogP contribution in [-0.4, -0.2) is 11.0 Å². The van der Waals surface area contributed by atoms with Crippen molar-refractivity contribution in [2.45, 2.75) is 52.0 Å².